The monoisotopic (exact) mass is 374 g/mol. The topological polar surface area (TPSA) is 104 Å². The highest BCUT2D eigenvalue weighted by atomic mass is 32.2. The number of carboxylic acid groups (broad SMARTS) is 1. The van der Waals surface area contributed by atoms with Crippen molar-refractivity contribution in [3.05, 3.63) is 59.7 Å². The summed E-state index contributed by atoms with van der Waals surface area (Å²) in [6.07, 6.45) is 0.0612. The first-order valence-electron chi connectivity index (χ1n) is 7.84. The number of carbonyl (C=O) groups excluding carboxylic acids is 2. The Labute approximate surface area is 150 Å². The molecule has 1 fully saturated rings. The first kappa shape index (κ1) is 17.9. The molecule has 2 aromatic rings. The Hall–Kier alpha value is -2.87. The molecule has 0 aromatic heterocycles. The van der Waals surface area contributed by atoms with E-state index in [-0.39, 0.29) is 35.1 Å². The van der Waals surface area contributed by atoms with Crippen molar-refractivity contribution in [2.75, 3.05) is 13.7 Å². The van der Waals surface area contributed by atoms with Crippen LogP contribution >= 0.6 is 0 Å². The zero-order valence-electron chi connectivity index (χ0n) is 13.9. The van der Waals surface area contributed by atoms with Gasteiger partial charge in [0.1, 0.15) is 10.6 Å². The van der Waals surface area contributed by atoms with E-state index >= 15 is 0 Å². The molecule has 1 atom stereocenters. The van der Waals surface area contributed by atoms with Crippen LogP contribution in [0, 0.1) is 0 Å². The van der Waals surface area contributed by atoms with Crippen LogP contribution in [0.2, 0.25) is 0 Å². The molecule has 8 heteroatoms. The van der Waals surface area contributed by atoms with Crippen molar-refractivity contribution < 1.29 is 27.9 Å². The van der Waals surface area contributed by atoms with E-state index in [1.54, 1.807) is 0 Å². The number of sulfonamides is 1. The van der Waals surface area contributed by atoms with Gasteiger partial charge in [-0.2, -0.15) is 0 Å². The van der Waals surface area contributed by atoms with Crippen molar-refractivity contribution in [3.8, 4) is 5.75 Å². The predicted octanol–water partition coefficient (Wildman–Crippen LogP) is 0.763. The smallest absolute Gasteiger partial charge is 0.270 e. The van der Waals surface area contributed by atoms with Crippen LogP contribution in [0.15, 0.2) is 53.4 Å². The minimum absolute atomic E-state index is 0.0100. The third-order valence-electron chi connectivity index (χ3n) is 4.32. The van der Waals surface area contributed by atoms with Crippen molar-refractivity contribution >= 4 is 21.9 Å². The maximum Gasteiger partial charge on any atom is 0.270 e. The van der Waals surface area contributed by atoms with E-state index in [0.29, 0.717) is 0 Å². The quantitative estimate of drug-likeness (QED) is 0.765. The molecule has 3 rings (SSSR count). The molecule has 2 aromatic carbocycles. The summed E-state index contributed by atoms with van der Waals surface area (Å²) in [4.78, 5) is 23.1. The molecule has 1 heterocycles. The molecule has 1 saturated heterocycles. The number of carboxylic acids is 1. The largest absolute Gasteiger partial charge is 0.545 e. The summed E-state index contributed by atoms with van der Waals surface area (Å²) < 4.78 is 31.8. The van der Waals surface area contributed by atoms with Crippen LogP contribution in [0.25, 0.3) is 0 Å². The second-order valence-electron chi connectivity index (χ2n) is 5.89. The molecule has 0 radical (unpaired) electrons. The summed E-state index contributed by atoms with van der Waals surface area (Å²) in [5.41, 5.74) is 0.560. The number of hydrogen-bond acceptors (Lipinski definition) is 6. The van der Waals surface area contributed by atoms with Gasteiger partial charge < -0.3 is 14.6 Å². The lowest BCUT2D eigenvalue weighted by Gasteiger charge is -2.19. The Morgan fingerprint density at radius 2 is 1.88 bits per heavy atom. The summed E-state index contributed by atoms with van der Waals surface area (Å²) in [6, 6.07) is 12.5. The van der Waals surface area contributed by atoms with Crippen LogP contribution in [-0.4, -0.2) is 38.3 Å². The van der Waals surface area contributed by atoms with Crippen LogP contribution in [0.5, 0.6) is 5.75 Å². The molecular formula is C18H16NO6S-. The zero-order chi connectivity index (χ0) is 18.9. The van der Waals surface area contributed by atoms with Crippen molar-refractivity contribution in [3.63, 3.8) is 0 Å². The predicted molar refractivity (Wildman–Crippen MR) is 90.0 cm³/mol. The van der Waals surface area contributed by atoms with Gasteiger partial charge in [-0.1, -0.05) is 30.3 Å². The van der Waals surface area contributed by atoms with Gasteiger partial charge >= 0.3 is 0 Å². The molecule has 1 aliphatic heterocycles. The molecule has 26 heavy (non-hydrogen) atoms. The van der Waals surface area contributed by atoms with Crippen LogP contribution in [0.3, 0.4) is 0 Å². The minimum Gasteiger partial charge on any atom is -0.545 e. The van der Waals surface area contributed by atoms with E-state index in [0.717, 1.165) is 15.9 Å². The van der Waals surface area contributed by atoms with Crippen LogP contribution < -0.4 is 9.84 Å². The first-order chi connectivity index (χ1) is 12.3. The van der Waals surface area contributed by atoms with Crippen molar-refractivity contribution in [2.45, 2.75) is 17.2 Å². The number of benzene rings is 2. The summed E-state index contributed by atoms with van der Waals surface area (Å²) >= 11 is 0. The van der Waals surface area contributed by atoms with Gasteiger partial charge in [0.05, 0.1) is 13.1 Å². The van der Waals surface area contributed by atoms with E-state index in [4.69, 9.17) is 4.74 Å². The van der Waals surface area contributed by atoms with Crippen molar-refractivity contribution in [2.24, 2.45) is 0 Å². The molecule has 0 unspecified atom stereocenters. The lowest BCUT2D eigenvalue weighted by molar-refractivity contribution is -0.255. The Bertz CT molecular complexity index is 955. The number of methoxy groups -OCH3 is 1. The van der Waals surface area contributed by atoms with E-state index in [9.17, 15) is 23.1 Å². The van der Waals surface area contributed by atoms with Gasteiger partial charge in [0.2, 0.25) is 5.91 Å². The molecule has 0 bridgehead atoms. The standard InChI is InChI=1S/C18H17NO6S/c1-25-15-8-7-13(18(21)22)9-16(15)26(23,24)19-11-14(10-17(19)20)12-5-3-2-4-6-12/h2-9,14H,10-11H2,1H3,(H,21,22)/p-1/t14-/m0/s1. The lowest BCUT2D eigenvalue weighted by Crippen LogP contribution is -2.33. The summed E-state index contributed by atoms with van der Waals surface area (Å²) in [6.45, 7) is -0.0100. The van der Waals surface area contributed by atoms with Gasteiger partial charge in [-0.25, -0.2) is 12.7 Å². The average Bonchev–Trinajstić information content (AvgIpc) is 3.04. The molecular weight excluding hydrogens is 358 g/mol. The van der Waals surface area contributed by atoms with Gasteiger partial charge in [0.15, 0.2) is 0 Å². The molecule has 1 amide bonds. The number of carbonyl (C=O) groups is 2. The van der Waals surface area contributed by atoms with Crippen LogP contribution in [0.4, 0.5) is 0 Å². The van der Waals surface area contributed by atoms with Crippen molar-refractivity contribution in [1.82, 2.24) is 4.31 Å². The fourth-order valence-corrected chi connectivity index (χ4v) is 4.62. The number of aromatic carboxylic acids is 1. The highest BCUT2D eigenvalue weighted by Crippen LogP contribution is 2.35. The van der Waals surface area contributed by atoms with Gasteiger partial charge in [0, 0.05) is 18.9 Å². The summed E-state index contributed by atoms with van der Waals surface area (Å²) in [5.74, 6) is -2.35. The van der Waals surface area contributed by atoms with E-state index in [2.05, 4.69) is 0 Å². The molecule has 136 valence electrons. The van der Waals surface area contributed by atoms with E-state index in [1.165, 1.54) is 19.2 Å². The first-order valence-corrected chi connectivity index (χ1v) is 9.28. The average molecular weight is 374 g/mol. The zero-order valence-corrected chi connectivity index (χ0v) is 14.7. The van der Waals surface area contributed by atoms with Gasteiger partial charge in [-0.15, -0.1) is 0 Å². The fourth-order valence-electron chi connectivity index (χ4n) is 2.98. The van der Waals surface area contributed by atoms with Crippen LogP contribution in [0.1, 0.15) is 28.3 Å². The summed E-state index contributed by atoms with van der Waals surface area (Å²) in [7, 11) is -2.99. The third kappa shape index (κ3) is 3.15. The summed E-state index contributed by atoms with van der Waals surface area (Å²) in [5, 5.41) is 11.1. The van der Waals surface area contributed by atoms with E-state index in [1.807, 2.05) is 30.3 Å². The van der Waals surface area contributed by atoms with Gasteiger partial charge in [0.25, 0.3) is 10.0 Å². The molecule has 0 saturated carbocycles. The minimum atomic E-state index is -4.26. The maximum absolute atomic E-state index is 13.0. The Kier molecular flexibility index (Phi) is 4.69. The number of amides is 1. The second kappa shape index (κ2) is 6.80. The molecule has 7 nitrogen and oxygen atoms in total. The normalized spacial score (nSPS) is 17.3. The Morgan fingerprint density at radius 3 is 2.50 bits per heavy atom. The number of rotatable bonds is 5. The number of nitrogens with zero attached hydrogens (tertiary/aromatic N) is 1. The lowest BCUT2D eigenvalue weighted by atomic mass is 9.99. The molecule has 1 aliphatic rings. The SMILES string of the molecule is COc1ccc(C(=O)[O-])cc1S(=O)(=O)N1C[C@@H](c2ccccc2)CC1=O. The van der Waals surface area contributed by atoms with Gasteiger partial charge in [-0.05, 0) is 29.3 Å². The Morgan fingerprint density at radius 1 is 1.19 bits per heavy atom. The highest BCUT2D eigenvalue weighted by molar-refractivity contribution is 7.89. The molecule has 0 N–H and O–H groups in total. The van der Waals surface area contributed by atoms with Gasteiger partial charge in [-0.3, -0.25) is 4.79 Å². The molecule has 0 spiro atoms. The third-order valence-corrected chi connectivity index (χ3v) is 6.13. The highest BCUT2D eigenvalue weighted by Gasteiger charge is 2.40. The Balaban J connectivity index is 1.99. The van der Waals surface area contributed by atoms with Crippen LogP contribution in [-0.2, 0) is 14.8 Å². The second-order valence-corrected chi connectivity index (χ2v) is 7.73. The number of ether oxygens (including phenoxy) is 1. The van der Waals surface area contributed by atoms with E-state index < -0.39 is 21.9 Å². The fraction of sp³-hybridized carbons (Fsp3) is 0.222. The van der Waals surface area contributed by atoms with Crippen molar-refractivity contribution in [1.29, 1.82) is 0 Å². The molecule has 0 aliphatic carbocycles. The maximum atomic E-state index is 13.0. The number of hydrogen-bond donors (Lipinski definition) is 0.